The minimum atomic E-state index is -3.97. The van der Waals surface area contributed by atoms with Crippen LogP contribution in [0.1, 0.15) is 43.4 Å². The van der Waals surface area contributed by atoms with Gasteiger partial charge in [-0.25, -0.2) is 13.6 Å². The number of hydrogen-bond donors (Lipinski definition) is 2. The fourth-order valence-electron chi connectivity index (χ4n) is 5.72. The lowest BCUT2D eigenvalue weighted by atomic mass is 9.91. The van der Waals surface area contributed by atoms with Crippen LogP contribution in [0.15, 0.2) is 113 Å². The monoisotopic (exact) mass is 580 g/mol. The fourth-order valence-corrected chi connectivity index (χ4v) is 6.42. The molecule has 1 heterocycles. The number of para-hydroxylation sites is 1. The van der Waals surface area contributed by atoms with Crippen molar-refractivity contribution in [1.29, 1.82) is 0 Å². The second-order valence-corrected chi connectivity index (χ2v) is 12.6. The molecule has 0 spiro atoms. The third-order valence-corrected chi connectivity index (χ3v) is 9.11. The molecule has 0 bridgehead atoms. The van der Waals surface area contributed by atoms with E-state index in [0.29, 0.717) is 11.3 Å². The molecule has 6 nitrogen and oxygen atoms in total. The van der Waals surface area contributed by atoms with Gasteiger partial charge in [0, 0.05) is 49.9 Å². The summed E-state index contributed by atoms with van der Waals surface area (Å²) >= 11 is 0. The first kappa shape index (κ1) is 29.9. The highest BCUT2D eigenvalue weighted by atomic mass is 32.2. The van der Waals surface area contributed by atoms with Crippen LogP contribution in [0.4, 0.5) is 5.69 Å². The van der Waals surface area contributed by atoms with Gasteiger partial charge < -0.3 is 5.32 Å². The molecule has 0 unspecified atom stereocenters. The van der Waals surface area contributed by atoms with Crippen molar-refractivity contribution in [3.63, 3.8) is 0 Å². The predicted molar refractivity (Wildman–Crippen MR) is 175 cm³/mol. The van der Waals surface area contributed by atoms with Crippen LogP contribution in [0.5, 0.6) is 0 Å². The van der Waals surface area contributed by atoms with Crippen LogP contribution in [-0.2, 0) is 15.4 Å². The standard InChI is InChI=1S/C35H40N4O2S/c1-3-28(30-11-7-12-31(25-30)35(19-20-35)26-39-23-21-37-22-24-39)17-18-29(16-15-27-9-5-6-10-27)32-13-8-14-33(42(36,40)41)34(32)38-4-2/h3-18,25,37H,19-24,26H2,1-2H3,(H2,36,40,41)/b18-17-,28-3+,29-16-,38-4?. The van der Waals surface area contributed by atoms with Crippen molar-refractivity contribution in [2.75, 3.05) is 32.7 Å². The highest BCUT2D eigenvalue weighted by molar-refractivity contribution is 7.89. The summed E-state index contributed by atoms with van der Waals surface area (Å²) in [4.78, 5) is 7.04. The maximum absolute atomic E-state index is 12.4. The second-order valence-electron chi connectivity index (χ2n) is 11.1. The summed E-state index contributed by atoms with van der Waals surface area (Å²) in [5.74, 6) is 0. The van der Waals surface area contributed by atoms with Crippen LogP contribution in [0.2, 0.25) is 0 Å². The number of aliphatic imine (C=N–C) groups is 1. The summed E-state index contributed by atoms with van der Waals surface area (Å²) in [5.41, 5.74) is 6.83. The quantitative estimate of drug-likeness (QED) is 0.263. The Morgan fingerprint density at radius 3 is 2.40 bits per heavy atom. The largest absolute Gasteiger partial charge is 0.314 e. The van der Waals surface area contributed by atoms with Crippen LogP contribution >= 0.6 is 0 Å². The van der Waals surface area contributed by atoms with Gasteiger partial charge in [-0.1, -0.05) is 91.1 Å². The lowest BCUT2D eigenvalue weighted by Crippen LogP contribution is -2.46. The van der Waals surface area contributed by atoms with E-state index in [2.05, 4.69) is 51.6 Å². The van der Waals surface area contributed by atoms with E-state index in [0.717, 1.165) is 49.4 Å². The van der Waals surface area contributed by atoms with Crippen molar-refractivity contribution < 1.29 is 8.42 Å². The summed E-state index contributed by atoms with van der Waals surface area (Å²) in [6.07, 6.45) is 22.4. The zero-order valence-electron chi connectivity index (χ0n) is 24.5. The number of nitrogens with zero attached hydrogens (tertiary/aromatic N) is 2. The maximum Gasteiger partial charge on any atom is 0.240 e. The van der Waals surface area contributed by atoms with Crippen LogP contribution < -0.4 is 10.5 Å². The van der Waals surface area contributed by atoms with Crippen molar-refractivity contribution in [1.82, 2.24) is 10.2 Å². The van der Waals surface area contributed by atoms with Crippen LogP contribution in [-0.4, -0.2) is 52.3 Å². The van der Waals surface area contributed by atoms with E-state index in [9.17, 15) is 8.42 Å². The lowest BCUT2D eigenvalue weighted by Gasteiger charge is -2.31. The molecule has 7 heteroatoms. The van der Waals surface area contributed by atoms with E-state index in [4.69, 9.17) is 5.14 Å². The Kier molecular flexibility index (Phi) is 9.34. The summed E-state index contributed by atoms with van der Waals surface area (Å²) in [6, 6.07) is 14.1. The van der Waals surface area contributed by atoms with Crippen molar-refractivity contribution in [3.8, 4) is 0 Å². The molecule has 1 aliphatic heterocycles. The number of sulfonamides is 1. The number of allylic oxidation sites excluding steroid dienone is 12. The Bertz CT molecular complexity index is 1620. The molecule has 2 aromatic carbocycles. The van der Waals surface area contributed by atoms with Crippen LogP contribution in [0.3, 0.4) is 0 Å². The third kappa shape index (κ3) is 7.05. The number of hydrogen-bond acceptors (Lipinski definition) is 5. The highest BCUT2D eigenvalue weighted by Crippen LogP contribution is 2.49. The Labute approximate surface area is 250 Å². The van der Waals surface area contributed by atoms with E-state index in [-0.39, 0.29) is 10.3 Å². The average molecular weight is 581 g/mol. The highest BCUT2D eigenvalue weighted by Gasteiger charge is 2.45. The summed E-state index contributed by atoms with van der Waals surface area (Å²) in [5, 5.41) is 9.04. The Balaban J connectivity index is 1.49. The first-order chi connectivity index (χ1) is 20.3. The van der Waals surface area contributed by atoms with Gasteiger partial charge in [0.15, 0.2) is 0 Å². The minimum absolute atomic E-state index is 0.00360. The molecular weight excluding hydrogens is 540 g/mol. The molecule has 2 aromatic rings. The molecular formula is C35H40N4O2S. The summed E-state index contributed by atoms with van der Waals surface area (Å²) in [6.45, 7) is 9.27. The first-order valence-electron chi connectivity index (χ1n) is 14.6. The maximum atomic E-state index is 12.4. The molecule has 0 atom stereocenters. The van der Waals surface area contributed by atoms with E-state index in [1.165, 1.54) is 30.0 Å². The van der Waals surface area contributed by atoms with Gasteiger partial charge in [0.2, 0.25) is 10.0 Å². The predicted octanol–water partition coefficient (Wildman–Crippen LogP) is 6.09. The molecule has 2 fully saturated rings. The topological polar surface area (TPSA) is 87.8 Å². The number of nitrogens with two attached hydrogens (primary N) is 1. The Morgan fingerprint density at radius 1 is 1.02 bits per heavy atom. The van der Waals surface area contributed by atoms with Gasteiger partial charge in [-0.15, -0.1) is 0 Å². The van der Waals surface area contributed by atoms with Gasteiger partial charge in [0.1, 0.15) is 4.90 Å². The van der Waals surface area contributed by atoms with Gasteiger partial charge in [0.05, 0.1) is 5.69 Å². The molecule has 218 valence electrons. The summed E-state index contributed by atoms with van der Waals surface area (Å²) < 4.78 is 24.9. The van der Waals surface area contributed by atoms with Crippen molar-refractivity contribution in [3.05, 3.63) is 119 Å². The van der Waals surface area contributed by atoms with E-state index < -0.39 is 10.0 Å². The molecule has 0 aromatic heterocycles. The van der Waals surface area contributed by atoms with Gasteiger partial charge >= 0.3 is 0 Å². The smallest absolute Gasteiger partial charge is 0.240 e. The number of piperazine rings is 1. The molecule has 1 saturated carbocycles. The third-order valence-electron chi connectivity index (χ3n) is 8.17. The number of primary sulfonamides is 1. The second kappa shape index (κ2) is 13.1. The van der Waals surface area contributed by atoms with Gasteiger partial charge in [-0.05, 0) is 60.6 Å². The number of nitrogens with one attached hydrogen (secondary N) is 1. The molecule has 5 rings (SSSR count). The Hall–Kier alpha value is -3.62. The lowest BCUT2D eigenvalue weighted by molar-refractivity contribution is 0.221. The molecule has 0 radical (unpaired) electrons. The first-order valence-corrected chi connectivity index (χ1v) is 16.2. The normalized spacial score (nSPS) is 19.4. The van der Waals surface area contributed by atoms with E-state index in [1.807, 2.05) is 55.5 Å². The number of rotatable bonds is 10. The molecule has 1 saturated heterocycles. The van der Waals surface area contributed by atoms with E-state index >= 15 is 0 Å². The average Bonchev–Trinajstić information content (AvgIpc) is 3.58. The number of benzene rings is 2. The van der Waals surface area contributed by atoms with Gasteiger partial charge in [0.25, 0.3) is 0 Å². The molecule has 3 aliphatic rings. The van der Waals surface area contributed by atoms with Crippen molar-refractivity contribution in [2.45, 2.75) is 37.0 Å². The van der Waals surface area contributed by atoms with Gasteiger partial charge in [-0.2, -0.15) is 0 Å². The summed E-state index contributed by atoms with van der Waals surface area (Å²) in [7, 11) is -3.97. The van der Waals surface area contributed by atoms with Crippen molar-refractivity contribution in [2.24, 2.45) is 10.1 Å². The molecule has 3 N–H and O–H groups in total. The van der Waals surface area contributed by atoms with Crippen LogP contribution in [0.25, 0.3) is 11.1 Å². The molecule has 2 aliphatic carbocycles. The molecule has 42 heavy (non-hydrogen) atoms. The van der Waals surface area contributed by atoms with E-state index in [1.54, 1.807) is 19.2 Å². The molecule has 0 amide bonds. The zero-order chi connectivity index (χ0) is 29.6. The zero-order valence-corrected chi connectivity index (χ0v) is 25.3. The van der Waals surface area contributed by atoms with Crippen molar-refractivity contribution >= 4 is 33.1 Å². The van der Waals surface area contributed by atoms with Gasteiger partial charge in [-0.3, -0.25) is 9.89 Å². The SMILES string of the molecule is CC=Nc1c(C(/C=C\C(=C/C)c2cccc(C3(CN4CCNCC4)CC3)c2)=C\C=C2C=CC=C2)cccc1S(N)(=O)=O. The minimum Gasteiger partial charge on any atom is -0.314 e. The Morgan fingerprint density at radius 2 is 1.74 bits per heavy atom. The van der Waals surface area contributed by atoms with Crippen LogP contribution in [0, 0.1) is 0 Å². The fraction of sp³-hybridized carbons (Fsp3) is 0.286.